The second-order valence-corrected chi connectivity index (χ2v) is 9.65. The van der Waals surface area contributed by atoms with Crippen LogP contribution in [-0.2, 0) is 24.2 Å². The molecule has 0 unspecified atom stereocenters. The Morgan fingerprint density at radius 2 is 1.85 bits per heavy atom. The minimum absolute atomic E-state index is 0.0754. The summed E-state index contributed by atoms with van der Waals surface area (Å²) < 4.78 is 11.4. The Labute approximate surface area is 199 Å². The quantitative estimate of drug-likeness (QED) is 0.323. The Hall–Kier alpha value is -3.54. The first-order valence-electron chi connectivity index (χ1n) is 11.9. The Morgan fingerprint density at radius 1 is 1.09 bits per heavy atom. The molecular formula is C28H29N3O3. The van der Waals surface area contributed by atoms with E-state index in [9.17, 15) is 4.79 Å². The number of carbonyl (C=O) groups excluding carboxylic acids is 1. The number of fused-ring (bicyclic) bond motifs is 2. The molecule has 34 heavy (non-hydrogen) atoms. The van der Waals surface area contributed by atoms with Crippen LogP contribution in [0.25, 0.3) is 22.4 Å². The number of aromatic nitrogens is 3. The largest absolute Gasteiger partial charge is 0.452 e. The van der Waals surface area contributed by atoms with Gasteiger partial charge in [-0.25, -0.2) is 4.79 Å². The normalized spacial score (nSPS) is 15.8. The topological polar surface area (TPSA) is 78.1 Å². The summed E-state index contributed by atoms with van der Waals surface area (Å²) in [5, 5.41) is 8.97. The van der Waals surface area contributed by atoms with Crippen molar-refractivity contribution in [2.45, 2.75) is 53.1 Å². The molecule has 4 aromatic rings. The van der Waals surface area contributed by atoms with Crippen LogP contribution in [0.5, 0.6) is 0 Å². The number of carbonyl (C=O) groups is 1. The predicted octanol–water partition coefficient (Wildman–Crippen LogP) is 6.18. The van der Waals surface area contributed by atoms with Crippen LogP contribution in [-0.4, -0.2) is 21.2 Å². The summed E-state index contributed by atoms with van der Waals surface area (Å²) in [6, 6.07) is 17.3. The first-order valence-corrected chi connectivity index (χ1v) is 11.9. The lowest BCUT2D eigenvalue weighted by Crippen LogP contribution is -2.30. The zero-order chi connectivity index (χ0) is 23.7. The van der Waals surface area contributed by atoms with E-state index in [0.29, 0.717) is 17.4 Å². The molecule has 0 amide bonds. The smallest absolute Gasteiger partial charge is 0.339 e. The van der Waals surface area contributed by atoms with Crippen molar-refractivity contribution in [2.75, 3.05) is 0 Å². The summed E-state index contributed by atoms with van der Waals surface area (Å²) >= 11 is 0. The van der Waals surface area contributed by atoms with Crippen LogP contribution in [0.2, 0.25) is 0 Å². The van der Waals surface area contributed by atoms with Gasteiger partial charge >= 0.3 is 5.97 Å². The van der Waals surface area contributed by atoms with Crippen molar-refractivity contribution in [1.82, 2.24) is 15.2 Å². The highest BCUT2D eigenvalue weighted by Gasteiger charge is 2.34. The monoisotopic (exact) mass is 455 g/mol. The molecule has 0 spiro atoms. The fraction of sp³-hybridized carbons (Fsp3) is 0.357. The summed E-state index contributed by atoms with van der Waals surface area (Å²) in [6.45, 7) is 6.79. The molecule has 6 nitrogen and oxygen atoms in total. The maximum Gasteiger partial charge on any atom is 0.339 e. The van der Waals surface area contributed by atoms with Gasteiger partial charge in [0.15, 0.2) is 6.61 Å². The molecule has 0 bridgehead atoms. The summed E-state index contributed by atoms with van der Waals surface area (Å²) in [5.74, 6) is 0.792. The van der Waals surface area contributed by atoms with Gasteiger partial charge in [-0.3, -0.25) is 4.98 Å². The molecule has 2 aromatic carbocycles. The standard InChI is InChI=1S/C28H29N3O3/c1-4-28(2,3)19-14-15-23-21(16-19)25(20-12-8-9-13-22(20)29-23)27(32)33-17-24-30-31-26(34-24)18-10-6-5-7-11-18/h5-13,19H,4,14-17H2,1-3H3/t19-/m1/s1. The van der Waals surface area contributed by atoms with Crippen LogP contribution in [0.15, 0.2) is 59.0 Å². The average Bonchev–Trinajstić information content (AvgIpc) is 3.35. The number of para-hydroxylation sites is 1. The van der Waals surface area contributed by atoms with Gasteiger partial charge in [-0.15, -0.1) is 10.2 Å². The first kappa shape index (κ1) is 22.3. The zero-order valence-electron chi connectivity index (χ0n) is 19.9. The van der Waals surface area contributed by atoms with Crippen LogP contribution in [0.4, 0.5) is 0 Å². The molecule has 0 radical (unpaired) electrons. The molecule has 0 N–H and O–H groups in total. The van der Waals surface area contributed by atoms with Crippen LogP contribution < -0.4 is 0 Å². The van der Waals surface area contributed by atoms with E-state index in [1.54, 1.807) is 0 Å². The van der Waals surface area contributed by atoms with Crippen molar-refractivity contribution in [1.29, 1.82) is 0 Å². The SMILES string of the molecule is CCC(C)(C)[C@@H]1CCc2nc3ccccc3c(C(=O)OCc3nnc(-c4ccccc4)o3)c2C1. The molecule has 0 saturated carbocycles. The number of esters is 1. The third-order valence-corrected chi connectivity index (χ3v) is 7.29. The van der Waals surface area contributed by atoms with E-state index in [1.807, 2.05) is 54.6 Å². The van der Waals surface area contributed by atoms with Crippen LogP contribution in [0.3, 0.4) is 0 Å². The summed E-state index contributed by atoms with van der Waals surface area (Å²) in [4.78, 5) is 18.4. The number of pyridine rings is 1. The average molecular weight is 456 g/mol. The van der Waals surface area contributed by atoms with E-state index in [4.69, 9.17) is 14.1 Å². The minimum atomic E-state index is -0.371. The molecule has 2 heterocycles. The van der Waals surface area contributed by atoms with Gasteiger partial charge in [0.1, 0.15) is 0 Å². The molecule has 6 heteroatoms. The maximum atomic E-state index is 13.5. The summed E-state index contributed by atoms with van der Waals surface area (Å²) in [6.07, 6.45) is 3.88. The first-order chi connectivity index (χ1) is 16.5. The molecule has 1 aliphatic rings. The molecule has 0 saturated heterocycles. The van der Waals surface area contributed by atoms with Crippen LogP contribution >= 0.6 is 0 Å². The van der Waals surface area contributed by atoms with Gasteiger partial charge in [-0.2, -0.15) is 0 Å². The van der Waals surface area contributed by atoms with Gasteiger partial charge in [-0.05, 0) is 54.4 Å². The maximum absolute atomic E-state index is 13.5. The van der Waals surface area contributed by atoms with Gasteiger partial charge in [-0.1, -0.05) is 63.6 Å². The van der Waals surface area contributed by atoms with E-state index in [2.05, 4.69) is 31.0 Å². The van der Waals surface area contributed by atoms with Gasteiger partial charge in [0.2, 0.25) is 5.89 Å². The number of hydrogen-bond acceptors (Lipinski definition) is 6. The van der Waals surface area contributed by atoms with Crippen molar-refractivity contribution < 1.29 is 13.9 Å². The van der Waals surface area contributed by atoms with E-state index < -0.39 is 0 Å². The van der Waals surface area contributed by atoms with Gasteiger partial charge in [0.05, 0.1) is 11.1 Å². The second kappa shape index (κ2) is 9.01. The zero-order valence-corrected chi connectivity index (χ0v) is 19.9. The molecule has 1 aliphatic carbocycles. The number of nitrogens with zero attached hydrogens (tertiary/aromatic N) is 3. The summed E-state index contributed by atoms with van der Waals surface area (Å²) in [7, 11) is 0. The van der Waals surface area contributed by atoms with Crippen molar-refractivity contribution in [3.05, 3.63) is 77.3 Å². The molecule has 0 aliphatic heterocycles. The molecule has 5 rings (SSSR count). The van der Waals surface area contributed by atoms with E-state index in [1.165, 1.54) is 0 Å². The van der Waals surface area contributed by atoms with E-state index >= 15 is 0 Å². The van der Waals surface area contributed by atoms with Gasteiger partial charge in [0.25, 0.3) is 5.89 Å². The highest BCUT2D eigenvalue weighted by molar-refractivity contribution is 6.05. The Bertz CT molecular complexity index is 1330. The highest BCUT2D eigenvalue weighted by Crippen LogP contribution is 2.41. The molecule has 2 aromatic heterocycles. The third-order valence-electron chi connectivity index (χ3n) is 7.29. The molecule has 1 atom stereocenters. The fourth-order valence-electron chi connectivity index (χ4n) is 4.79. The van der Waals surface area contributed by atoms with E-state index in [-0.39, 0.29) is 23.9 Å². The molecule has 174 valence electrons. The Kier molecular flexibility index (Phi) is 5.90. The minimum Gasteiger partial charge on any atom is -0.452 e. The number of ether oxygens (including phenoxy) is 1. The second-order valence-electron chi connectivity index (χ2n) is 9.65. The number of benzene rings is 2. The van der Waals surface area contributed by atoms with Crippen LogP contribution in [0, 0.1) is 11.3 Å². The van der Waals surface area contributed by atoms with E-state index in [0.717, 1.165) is 53.4 Å². The fourth-order valence-corrected chi connectivity index (χ4v) is 4.79. The number of hydrogen-bond donors (Lipinski definition) is 0. The lowest BCUT2D eigenvalue weighted by Gasteiger charge is -2.37. The predicted molar refractivity (Wildman–Crippen MR) is 130 cm³/mol. The van der Waals surface area contributed by atoms with Crippen molar-refractivity contribution >= 4 is 16.9 Å². The lowest BCUT2D eigenvalue weighted by atomic mass is 9.68. The van der Waals surface area contributed by atoms with Crippen molar-refractivity contribution in [3.8, 4) is 11.5 Å². The third kappa shape index (κ3) is 4.20. The number of aryl methyl sites for hydroxylation is 1. The molecule has 0 fully saturated rings. The highest BCUT2D eigenvalue weighted by atomic mass is 16.5. The van der Waals surface area contributed by atoms with Crippen molar-refractivity contribution in [2.24, 2.45) is 11.3 Å². The van der Waals surface area contributed by atoms with Gasteiger partial charge in [0, 0.05) is 16.6 Å². The lowest BCUT2D eigenvalue weighted by molar-refractivity contribution is 0.0438. The Morgan fingerprint density at radius 3 is 2.65 bits per heavy atom. The number of rotatable bonds is 6. The van der Waals surface area contributed by atoms with Gasteiger partial charge < -0.3 is 9.15 Å². The van der Waals surface area contributed by atoms with Crippen molar-refractivity contribution in [3.63, 3.8) is 0 Å². The summed E-state index contributed by atoms with van der Waals surface area (Å²) in [5.41, 5.74) is 4.51. The van der Waals surface area contributed by atoms with Crippen LogP contribution in [0.1, 0.15) is 61.1 Å². The Balaban J connectivity index is 1.44. The molecular weight excluding hydrogens is 426 g/mol.